The lowest BCUT2D eigenvalue weighted by Gasteiger charge is -2.20. The fraction of sp³-hybridized carbons (Fsp3) is 0.389. The Kier molecular flexibility index (Phi) is 7.21. The molecule has 0 atom stereocenters. The fourth-order valence-corrected chi connectivity index (χ4v) is 3.21. The number of rotatable bonds is 9. The molecule has 0 aliphatic carbocycles. The highest BCUT2D eigenvalue weighted by atomic mass is 32.2. The van der Waals surface area contributed by atoms with E-state index >= 15 is 0 Å². The number of nitrogens with zero attached hydrogens (tertiary/aromatic N) is 3. The van der Waals surface area contributed by atoms with Gasteiger partial charge in [0.05, 0.1) is 17.9 Å². The summed E-state index contributed by atoms with van der Waals surface area (Å²) >= 11 is 1.49. The Bertz CT molecular complexity index is 720. The molecule has 0 bridgehead atoms. The summed E-state index contributed by atoms with van der Waals surface area (Å²) in [4.78, 5) is 22.4. The molecule has 7 heteroatoms. The number of aromatic carboxylic acids is 1. The Morgan fingerprint density at radius 3 is 2.64 bits per heavy atom. The Morgan fingerprint density at radius 1 is 1.24 bits per heavy atom. The number of thioether (sulfide) groups is 1. The van der Waals surface area contributed by atoms with Gasteiger partial charge in [0, 0.05) is 32.0 Å². The monoisotopic (exact) mass is 361 g/mol. The first-order valence-electron chi connectivity index (χ1n) is 8.14. The lowest BCUT2D eigenvalue weighted by atomic mass is 10.1. The molecule has 0 amide bonds. The normalized spacial score (nSPS) is 10.7. The summed E-state index contributed by atoms with van der Waals surface area (Å²) in [5, 5.41) is 9.75. The van der Waals surface area contributed by atoms with Crippen LogP contribution >= 0.6 is 11.8 Å². The van der Waals surface area contributed by atoms with Crippen molar-refractivity contribution in [2.75, 3.05) is 25.1 Å². The largest absolute Gasteiger partial charge is 0.478 e. The van der Waals surface area contributed by atoms with Crippen molar-refractivity contribution < 1.29 is 14.6 Å². The molecular formula is C18H23N3O3S. The van der Waals surface area contributed by atoms with Crippen molar-refractivity contribution in [3.05, 3.63) is 47.2 Å². The first-order chi connectivity index (χ1) is 12.1. The van der Waals surface area contributed by atoms with Gasteiger partial charge in [0.15, 0.2) is 5.16 Å². The van der Waals surface area contributed by atoms with Gasteiger partial charge in [-0.25, -0.2) is 14.8 Å². The lowest BCUT2D eigenvalue weighted by Crippen LogP contribution is -2.23. The Hall–Kier alpha value is -2.12. The van der Waals surface area contributed by atoms with E-state index in [0.29, 0.717) is 17.5 Å². The third kappa shape index (κ3) is 5.44. The fourth-order valence-electron chi connectivity index (χ4n) is 2.40. The van der Waals surface area contributed by atoms with Gasteiger partial charge in [0.25, 0.3) is 0 Å². The zero-order chi connectivity index (χ0) is 18.2. The molecule has 0 aliphatic rings. The highest BCUT2D eigenvalue weighted by Gasteiger charge is 2.11. The van der Waals surface area contributed by atoms with Gasteiger partial charge in [-0.3, -0.25) is 0 Å². The molecule has 2 rings (SSSR count). The molecule has 6 nitrogen and oxygen atoms in total. The number of ether oxygens (including phenoxy) is 1. The number of hydrogen-bond acceptors (Lipinski definition) is 6. The van der Waals surface area contributed by atoms with E-state index in [1.165, 1.54) is 11.8 Å². The summed E-state index contributed by atoms with van der Waals surface area (Å²) < 4.78 is 5.21. The molecule has 0 aliphatic heterocycles. The van der Waals surface area contributed by atoms with Crippen LogP contribution in [-0.2, 0) is 17.1 Å². The summed E-state index contributed by atoms with van der Waals surface area (Å²) in [5.74, 6) is 0.567. The minimum absolute atomic E-state index is 0.288. The first-order valence-corrected chi connectivity index (χ1v) is 9.12. The highest BCUT2D eigenvalue weighted by molar-refractivity contribution is 7.98. The standard InChI is InChI=1S/C18H23N3O3S/c1-4-21(5-2)16-10-15(11-24-3)19-18(20-16)25-12-13-7-6-8-14(9-13)17(22)23/h6-10H,4-5,11-12H2,1-3H3,(H,22,23). The lowest BCUT2D eigenvalue weighted by molar-refractivity contribution is 0.0697. The molecule has 25 heavy (non-hydrogen) atoms. The van der Waals surface area contributed by atoms with Gasteiger partial charge in [-0.1, -0.05) is 23.9 Å². The molecule has 134 valence electrons. The van der Waals surface area contributed by atoms with Gasteiger partial charge in [0.1, 0.15) is 5.82 Å². The first kappa shape index (κ1) is 19.2. The van der Waals surface area contributed by atoms with E-state index in [2.05, 4.69) is 28.7 Å². The number of hydrogen-bond donors (Lipinski definition) is 1. The van der Waals surface area contributed by atoms with Crippen LogP contribution in [0.1, 0.15) is 35.5 Å². The highest BCUT2D eigenvalue weighted by Crippen LogP contribution is 2.23. The van der Waals surface area contributed by atoms with Crippen LogP contribution in [0.4, 0.5) is 5.82 Å². The van der Waals surface area contributed by atoms with E-state index in [1.807, 2.05) is 12.1 Å². The number of methoxy groups -OCH3 is 1. The van der Waals surface area contributed by atoms with Crippen LogP contribution in [-0.4, -0.2) is 41.2 Å². The zero-order valence-electron chi connectivity index (χ0n) is 14.7. The van der Waals surface area contributed by atoms with E-state index < -0.39 is 5.97 Å². The Morgan fingerprint density at radius 2 is 2.00 bits per heavy atom. The van der Waals surface area contributed by atoms with Crippen molar-refractivity contribution >= 4 is 23.5 Å². The summed E-state index contributed by atoms with van der Waals surface area (Å²) in [6, 6.07) is 8.88. The maximum atomic E-state index is 11.1. The van der Waals surface area contributed by atoms with Crippen molar-refractivity contribution in [2.45, 2.75) is 31.4 Å². The number of aromatic nitrogens is 2. The van der Waals surface area contributed by atoms with Gasteiger partial charge < -0.3 is 14.7 Å². The summed E-state index contributed by atoms with van der Waals surface area (Å²) in [6.07, 6.45) is 0. The Balaban J connectivity index is 2.20. The van der Waals surface area contributed by atoms with E-state index in [4.69, 9.17) is 9.84 Å². The number of carbonyl (C=O) groups is 1. The number of carboxylic acid groups (broad SMARTS) is 1. The molecule has 0 saturated heterocycles. The molecule has 1 aromatic carbocycles. The number of carboxylic acids is 1. The Labute approximate surface area is 152 Å². The van der Waals surface area contributed by atoms with Crippen LogP contribution in [0.25, 0.3) is 0 Å². The van der Waals surface area contributed by atoms with Crippen molar-refractivity contribution in [3.8, 4) is 0 Å². The summed E-state index contributed by atoms with van der Waals surface area (Å²) in [6.45, 7) is 6.34. The molecule has 2 aromatic rings. The second-order valence-corrected chi connectivity index (χ2v) is 6.34. The quantitative estimate of drug-likeness (QED) is 0.541. The van der Waals surface area contributed by atoms with E-state index in [-0.39, 0.29) is 5.56 Å². The number of benzene rings is 1. The smallest absolute Gasteiger partial charge is 0.335 e. The van der Waals surface area contributed by atoms with Gasteiger partial charge in [0.2, 0.25) is 0 Å². The number of anilines is 1. The van der Waals surface area contributed by atoms with Gasteiger partial charge >= 0.3 is 5.97 Å². The van der Waals surface area contributed by atoms with E-state index in [1.54, 1.807) is 25.3 Å². The van der Waals surface area contributed by atoms with Crippen LogP contribution in [0.2, 0.25) is 0 Å². The molecule has 0 radical (unpaired) electrons. The van der Waals surface area contributed by atoms with Crippen LogP contribution in [0.5, 0.6) is 0 Å². The van der Waals surface area contributed by atoms with Gasteiger partial charge in [-0.15, -0.1) is 0 Å². The van der Waals surface area contributed by atoms with Crippen molar-refractivity contribution in [2.24, 2.45) is 0 Å². The third-order valence-corrected chi connectivity index (χ3v) is 4.59. The average Bonchev–Trinajstić information content (AvgIpc) is 2.61. The van der Waals surface area contributed by atoms with Crippen molar-refractivity contribution in [1.82, 2.24) is 9.97 Å². The predicted octanol–water partition coefficient (Wildman–Crippen LogP) is 3.46. The second kappa shape index (κ2) is 9.39. The average molecular weight is 361 g/mol. The van der Waals surface area contributed by atoms with E-state index in [0.717, 1.165) is 30.2 Å². The van der Waals surface area contributed by atoms with Crippen molar-refractivity contribution in [3.63, 3.8) is 0 Å². The molecular weight excluding hydrogens is 338 g/mol. The molecule has 0 fully saturated rings. The molecule has 0 unspecified atom stereocenters. The minimum Gasteiger partial charge on any atom is -0.478 e. The summed E-state index contributed by atoms with van der Waals surface area (Å²) in [7, 11) is 1.64. The SMILES string of the molecule is CCN(CC)c1cc(COC)nc(SCc2cccc(C(=O)O)c2)n1. The predicted molar refractivity (Wildman–Crippen MR) is 99.3 cm³/mol. The molecule has 1 heterocycles. The minimum atomic E-state index is -0.922. The van der Waals surface area contributed by atoms with Gasteiger partial charge in [-0.05, 0) is 31.5 Å². The van der Waals surface area contributed by atoms with Gasteiger partial charge in [-0.2, -0.15) is 0 Å². The molecule has 0 saturated carbocycles. The van der Waals surface area contributed by atoms with Crippen LogP contribution in [0.3, 0.4) is 0 Å². The second-order valence-electron chi connectivity index (χ2n) is 5.40. The maximum absolute atomic E-state index is 11.1. The topological polar surface area (TPSA) is 75.5 Å². The van der Waals surface area contributed by atoms with Crippen LogP contribution in [0.15, 0.2) is 35.5 Å². The third-order valence-electron chi connectivity index (χ3n) is 3.67. The molecule has 1 N–H and O–H groups in total. The zero-order valence-corrected chi connectivity index (χ0v) is 15.5. The molecule has 1 aromatic heterocycles. The summed E-state index contributed by atoms with van der Waals surface area (Å²) in [5.41, 5.74) is 2.05. The van der Waals surface area contributed by atoms with E-state index in [9.17, 15) is 4.79 Å². The van der Waals surface area contributed by atoms with Crippen molar-refractivity contribution in [1.29, 1.82) is 0 Å². The molecule has 0 spiro atoms. The van der Waals surface area contributed by atoms with Crippen LogP contribution in [0, 0.1) is 0 Å². The maximum Gasteiger partial charge on any atom is 0.335 e. The van der Waals surface area contributed by atoms with Crippen LogP contribution < -0.4 is 4.90 Å².